The first-order chi connectivity index (χ1) is 11.7. The minimum atomic E-state index is -5.62. The summed E-state index contributed by atoms with van der Waals surface area (Å²) in [4.78, 5) is 51.4. The third-order valence-electron chi connectivity index (χ3n) is 2.56. The number of carbonyl (C=O) groups is 3. The highest BCUT2D eigenvalue weighted by Gasteiger charge is 2.44. The molecule has 0 bridgehead atoms. The Morgan fingerprint density at radius 2 is 1.58 bits per heavy atom. The SMILES string of the molecule is C=C(C)CCOP(=O)(O)OP(=O)(O)OC(C(=O)O)C(CC(=O)O)C(=O)O. The van der Waals surface area contributed by atoms with Crippen LogP contribution in [-0.4, -0.2) is 55.7 Å². The first kappa shape index (κ1) is 24.4. The molecule has 4 unspecified atom stereocenters. The van der Waals surface area contributed by atoms with Crippen LogP contribution >= 0.6 is 15.6 Å². The molecule has 5 N–H and O–H groups in total. The van der Waals surface area contributed by atoms with E-state index in [0.29, 0.717) is 5.57 Å². The lowest BCUT2D eigenvalue weighted by Crippen LogP contribution is -2.38. The summed E-state index contributed by atoms with van der Waals surface area (Å²) in [6.07, 6.45) is -3.82. The molecule has 0 spiro atoms. The lowest BCUT2D eigenvalue weighted by molar-refractivity contribution is -0.161. The van der Waals surface area contributed by atoms with Gasteiger partial charge in [0.1, 0.15) is 5.92 Å². The van der Waals surface area contributed by atoms with E-state index in [1.165, 1.54) is 0 Å². The van der Waals surface area contributed by atoms with Crippen LogP contribution in [0.2, 0.25) is 0 Å². The Labute approximate surface area is 147 Å². The van der Waals surface area contributed by atoms with Crippen molar-refractivity contribution >= 4 is 33.6 Å². The van der Waals surface area contributed by atoms with Crippen molar-refractivity contribution in [3.63, 3.8) is 0 Å². The van der Waals surface area contributed by atoms with Gasteiger partial charge in [-0.1, -0.05) is 5.57 Å². The number of phosphoric acid groups is 2. The van der Waals surface area contributed by atoms with Gasteiger partial charge in [-0.05, 0) is 13.3 Å². The summed E-state index contributed by atoms with van der Waals surface area (Å²) in [6.45, 7) is 4.62. The molecule has 0 saturated heterocycles. The second-order valence-electron chi connectivity index (χ2n) is 4.97. The van der Waals surface area contributed by atoms with Crippen molar-refractivity contribution in [2.24, 2.45) is 5.92 Å². The maximum Gasteiger partial charge on any atom is 0.481 e. The molecule has 0 saturated carbocycles. The van der Waals surface area contributed by atoms with E-state index in [0.717, 1.165) is 0 Å². The second-order valence-corrected chi connectivity index (χ2v) is 7.96. The highest BCUT2D eigenvalue weighted by Crippen LogP contribution is 2.61. The molecule has 0 fully saturated rings. The van der Waals surface area contributed by atoms with Crippen molar-refractivity contribution in [2.45, 2.75) is 25.9 Å². The van der Waals surface area contributed by atoms with E-state index in [1.807, 2.05) is 0 Å². The standard InChI is InChI=1S/C11H18O13P2/c1-6(2)3-4-22-25(18,19)24-26(20,21)23-9(11(16)17)7(10(14)15)5-8(12)13/h7,9H,1,3-5H2,2H3,(H,12,13)(H,14,15)(H,16,17)(H,18,19)(H,20,21). The molecule has 0 aromatic heterocycles. The molecule has 0 rings (SSSR count). The first-order valence-corrected chi connectivity index (χ1v) is 9.67. The van der Waals surface area contributed by atoms with Gasteiger partial charge in [-0.25, -0.2) is 13.9 Å². The third kappa shape index (κ3) is 9.78. The molecule has 26 heavy (non-hydrogen) atoms. The Bertz CT molecular complexity index is 656. The molecule has 0 aliphatic carbocycles. The van der Waals surface area contributed by atoms with E-state index in [4.69, 9.17) is 15.3 Å². The summed E-state index contributed by atoms with van der Waals surface area (Å²) >= 11 is 0. The van der Waals surface area contributed by atoms with Crippen molar-refractivity contribution < 1.29 is 62.0 Å². The number of hydrogen-bond donors (Lipinski definition) is 5. The number of carboxylic acids is 3. The topological polar surface area (TPSA) is 214 Å². The number of rotatable bonds is 13. The predicted molar refractivity (Wildman–Crippen MR) is 82.0 cm³/mol. The smallest absolute Gasteiger partial charge is 0.481 e. The van der Waals surface area contributed by atoms with Crippen LogP contribution in [0.3, 0.4) is 0 Å². The third-order valence-corrected chi connectivity index (χ3v) is 5.21. The fraction of sp³-hybridized carbons (Fsp3) is 0.545. The number of carboxylic acid groups (broad SMARTS) is 3. The van der Waals surface area contributed by atoms with Gasteiger partial charge in [0.15, 0.2) is 6.10 Å². The molecule has 13 nitrogen and oxygen atoms in total. The van der Waals surface area contributed by atoms with Gasteiger partial charge >= 0.3 is 33.6 Å². The molecule has 0 aliphatic rings. The summed E-state index contributed by atoms with van der Waals surface area (Å²) in [7, 11) is -10.8. The van der Waals surface area contributed by atoms with Gasteiger partial charge < -0.3 is 25.1 Å². The van der Waals surface area contributed by atoms with Crippen LogP contribution in [-0.2, 0) is 36.9 Å². The maximum absolute atomic E-state index is 11.7. The molecule has 4 atom stereocenters. The maximum atomic E-state index is 11.7. The fourth-order valence-electron chi connectivity index (χ4n) is 1.45. The molecule has 0 aliphatic heterocycles. The number of hydrogen-bond acceptors (Lipinski definition) is 8. The van der Waals surface area contributed by atoms with Crippen molar-refractivity contribution in [3.05, 3.63) is 12.2 Å². The quantitative estimate of drug-likeness (QED) is 0.206. The fourth-order valence-corrected chi connectivity index (χ4v) is 3.69. The van der Waals surface area contributed by atoms with Crippen molar-refractivity contribution in [3.8, 4) is 0 Å². The molecule has 15 heteroatoms. The molecule has 0 amide bonds. The summed E-state index contributed by atoms with van der Waals surface area (Å²) in [5.41, 5.74) is 0.553. The van der Waals surface area contributed by atoms with Crippen molar-refractivity contribution in [2.75, 3.05) is 6.61 Å². The van der Waals surface area contributed by atoms with Gasteiger partial charge in [-0.2, -0.15) is 4.31 Å². The van der Waals surface area contributed by atoms with Crippen LogP contribution < -0.4 is 0 Å². The Kier molecular flexibility index (Phi) is 9.32. The van der Waals surface area contributed by atoms with Gasteiger partial charge in [0.05, 0.1) is 13.0 Å². The largest absolute Gasteiger partial charge is 0.481 e. The molecular formula is C11H18O13P2. The lowest BCUT2D eigenvalue weighted by atomic mass is 9.99. The van der Waals surface area contributed by atoms with E-state index >= 15 is 0 Å². The Balaban J connectivity index is 5.24. The van der Waals surface area contributed by atoms with Gasteiger partial charge in [0.25, 0.3) is 0 Å². The minimum Gasteiger partial charge on any atom is -0.481 e. The molecule has 0 aromatic rings. The molecule has 0 heterocycles. The van der Waals surface area contributed by atoms with E-state index in [1.54, 1.807) is 6.92 Å². The first-order valence-electron chi connectivity index (χ1n) is 6.68. The van der Waals surface area contributed by atoms with Gasteiger partial charge in [0, 0.05) is 0 Å². The van der Waals surface area contributed by atoms with Crippen LogP contribution in [0.5, 0.6) is 0 Å². The van der Waals surface area contributed by atoms with Gasteiger partial charge in [-0.3, -0.25) is 18.6 Å². The normalized spacial score (nSPS) is 18.1. The van der Waals surface area contributed by atoms with Crippen LogP contribution in [0.15, 0.2) is 12.2 Å². The summed E-state index contributed by atoms with van der Waals surface area (Å²) in [5, 5.41) is 26.4. The van der Waals surface area contributed by atoms with Crippen LogP contribution in [0.25, 0.3) is 0 Å². The van der Waals surface area contributed by atoms with Crippen molar-refractivity contribution in [1.29, 1.82) is 0 Å². The monoisotopic (exact) mass is 420 g/mol. The summed E-state index contributed by atoms with van der Waals surface area (Å²) in [5.74, 6) is -8.06. The van der Waals surface area contributed by atoms with E-state index in [-0.39, 0.29) is 6.42 Å². The average Bonchev–Trinajstić information content (AvgIpc) is 2.39. The minimum absolute atomic E-state index is 0.0992. The van der Waals surface area contributed by atoms with Crippen molar-refractivity contribution in [1.82, 2.24) is 0 Å². The summed E-state index contributed by atoms with van der Waals surface area (Å²) in [6, 6.07) is 0. The Hall–Kier alpha value is -1.59. The van der Waals surface area contributed by atoms with Crippen LogP contribution in [0.1, 0.15) is 19.8 Å². The van der Waals surface area contributed by atoms with E-state index in [9.17, 15) is 33.3 Å². The predicted octanol–water partition coefficient (Wildman–Crippen LogP) is 0.832. The highest BCUT2D eigenvalue weighted by molar-refractivity contribution is 7.61. The highest BCUT2D eigenvalue weighted by atomic mass is 31.3. The zero-order valence-electron chi connectivity index (χ0n) is 13.4. The van der Waals surface area contributed by atoms with Gasteiger partial charge in [0.2, 0.25) is 0 Å². The Morgan fingerprint density at radius 3 is 1.96 bits per heavy atom. The van der Waals surface area contributed by atoms with Crippen LogP contribution in [0.4, 0.5) is 0 Å². The van der Waals surface area contributed by atoms with Crippen LogP contribution in [0, 0.1) is 5.92 Å². The molecule has 0 radical (unpaired) electrons. The molecule has 0 aromatic carbocycles. The number of aliphatic carboxylic acids is 3. The Morgan fingerprint density at radius 1 is 1.04 bits per heavy atom. The summed E-state index contributed by atoms with van der Waals surface area (Å²) < 4.78 is 35.6. The van der Waals surface area contributed by atoms with E-state index in [2.05, 4.69) is 19.9 Å². The lowest BCUT2D eigenvalue weighted by Gasteiger charge is -2.22. The van der Waals surface area contributed by atoms with Gasteiger partial charge in [-0.15, -0.1) is 6.58 Å². The molecule has 150 valence electrons. The van der Waals surface area contributed by atoms with E-state index < -0.39 is 58.6 Å². The second kappa shape index (κ2) is 9.93. The molecular weight excluding hydrogens is 402 g/mol. The zero-order chi connectivity index (χ0) is 20.7. The zero-order valence-corrected chi connectivity index (χ0v) is 15.2. The number of phosphoric ester groups is 2. The average molecular weight is 420 g/mol.